The average Bonchev–Trinajstić information content (AvgIpc) is 2.96. The maximum Gasteiger partial charge on any atom is 0.220 e. The molecule has 18 heavy (non-hydrogen) atoms. The molecule has 6 heteroatoms. The van der Waals surface area contributed by atoms with Crippen molar-refractivity contribution in [1.29, 1.82) is 0 Å². The largest absolute Gasteiger partial charge is 0.356 e. The van der Waals surface area contributed by atoms with Crippen LogP contribution in [0.25, 0.3) is 0 Å². The molecule has 100 valence electrons. The van der Waals surface area contributed by atoms with Gasteiger partial charge in [-0.15, -0.1) is 0 Å². The van der Waals surface area contributed by atoms with Gasteiger partial charge < -0.3 is 10.6 Å². The predicted molar refractivity (Wildman–Crippen MR) is 70.5 cm³/mol. The molecule has 1 aromatic rings. The third-order valence-corrected chi connectivity index (χ3v) is 3.32. The van der Waals surface area contributed by atoms with E-state index in [4.69, 9.17) is 11.6 Å². The number of halogens is 1. The van der Waals surface area contributed by atoms with Crippen LogP contribution >= 0.6 is 11.6 Å². The van der Waals surface area contributed by atoms with Gasteiger partial charge in [-0.05, 0) is 31.8 Å². The predicted octanol–water partition coefficient (Wildman–Crippen LogP) is 1.04. The minimum absolute atomic E-state index is 0.155. The van der Waals surface area contributed by atoms with E-state index in [9.17, 15) is 4.79 Å². The third kappa shape index (κ3) is 4.31. The quantitative estimate of drug-likeness (QED) is 0.760. The van der Waals surface area contributed by atoms with E-state index < -0.39 is 0 Å². The summed E-state index contributed by atoms with van der Waals surface area (Å²) in [7, 11) is 0. The van der Waals surface area contributed by atoms with Gasteiger partial charge in [0.1, 0.15) is 0 Å². The molecule has 1 aliphatic rings. The molecular weight excluding hydrogens is 252 g/mol. The molecule has 2 heterocycles. The van der Waals surface area contributed by atoms with Gasteiger partial charge in [-0.25, -0.2) is 0 Å². The number of rotatable bonds is 6. The summed E-state index contributed by atoms with van der Waals surface area (Å²) in [4.78, 5) is 11.6. The molecule has 2 rings (SSSR count). The molecule has 0 spiro atoms. The fourth-order valence-electron chi connectivity index (χ4n) is 2.15. The fourth-order valence-corrected chi connectivity index (χ4v) is 2.31. The number of aromatic nitrogens is 2. The van der Waals surface area contributed by atoms with E-state index in [0.29, 0.717) is 23.9 Å². The normalized spacial score (nSPS) is 19.1. The molecule has 0 radical (unpaired) electrons. The lowest BCUT2D eigenvalue weighted by Gasteiger charge is -2.09. The third-order valence-electron chi connectivity index (χ3n) is 3.12. The lowest BCUT2D eigenvalue weighted by molar-refractivity contribution is -0.121. The van der Waals surface area contributed by atoms with Crippen molar-refractivity contribution in [3.8, 4) is 0 Å². The highest BCUT2D eigenvalue weighted by Crippen LogP contribution is 2.11. The van der Waals surface area contributed by atoms with Crippen LogP contribution in [0.4, 0.5) is 0 Å². The van der Waals surface area contributed by atoms with E-state index in [-0.39, 0.29) is 5.91 Å². The summed E-state index contributed by atoms with van der Waals surface area (Å²) in [5, 5.41) is 10.9. The number of nitrogens with zero attached hydrogens (tertiary/aromatic N) is 2. The molecule has 1 fully saturated rings. The molecule has 1 atom stereocenters. The van der Waals surface area contributed by atoms with E-state index in [0.717, 1.165) is 32.5 Å². The summed E-state index contributed by atoms with van der Waals surface area (Å²) in [5.74, 6) is 0.664. The van der Waals surface area contributed by atoms with E-state index >= 15 is 0 Å². The summed E-state index contributed by atoms with van der Waals surface area (Å²) >= 11 is 5.76. The van der Waals surface area contributed by atoms with Gasteiger partial charge in [0.05, 0.1) is 11.2 Å². The van der Waals surface area contributed by atoms with Gasteiger partial charge in [-0.3, -0.25) is 9.48 Å². The lowest BCUT2D eigenvalue weighted by Crippen LogP contribution is -2.27. The monoisotopic (exact) mass is 270 g/mol. The molecule has 0 unspecified atom stereocenters. The first-order valence-corrected chi connectivity index (χ1v) is 6.77. The molecular formula is C12H19ClN4O. The molecule has 2 N–H and O–H groups in total. The maximum absolute atomic E-state index is 11.6. The standard InChI is InChI=1S/C12H19ClN4O/c13-11-8-16-17(9-11)5-1-3-15-12(18)6-10-2-4-14-7-10/h8-10,14H,1-7H2,(H,15,18)/t10-/m1/s1. The zero-order valence-electron chi connectivity index (χ0n) is 10.4. The van der Waals surface area contributed by atoms with E-state index in [2.05, 4.69) is 15.7 Å². The summed E-state index contributed by atoms with van der Waals surface area (Å²) in [6.07, 6.45) is 6.02. The van der Waals surface area contributed by atoms with Crippen molar-refractivity contribution in [2.24, 2.45) is 5.92 Å². The Labute approximate surface area is 112 Å². The highest BCUT2D eigenvalue weighted by atomic mass is 35.5. The molecule has 0 saturated carbocycles. The van der Waals surface area contributed by atoms with Crippen LogP contribution < -0.4 is 10.6 Å². The van der Waals surface area contributed by atoms with Gasteiger partial charge in [0.15, 0.2) is 0 Å². The Bertz CT molecular complexity index is 387. The average molecular weight is 271 g/mol. The van der Waals surface area contributed by atoms with Crippen LogP contribution in [-0.2, 0) is 11.3 Å². The number of aryl methyl sites for hydroxylation is 1. The number of nitrogens with one attached hydrogen (secondary N) is 2. The maximum atomic E-state index is 11.6. The van der Waals surface area contributed by atoms with Crippen molar-refractivity contribution >= 4 is 17.5 Å². The molecule has 0 aromatic carbocycles. The Hall–Kier alpha value is -1.07. The number of carbonyl (C=O) groups is 1. The van der Waals surface area contributed by atoms with Crippen LogP contribution in [0.1, 0.15) is 19.3 Å². The Morgan fingerprint density at radius 3 is 3.22 bits per heavy atom. The first-order valence-electron chi connectivity index (χ1n) is 6.39. The number of hydrogen-bond acceptors (Lipinski definition) is 3. The van der Waals surface area contributed by atoms with E-state index in [1.54, 1.807) is 17.1 Å². The zero-order chi connectivity index (χ0) is 12.8. The van der Waals surface area contributed by atoms with Crippen molar-refractivity contribution in [2.45, 2.75) is 25.8 Å². The van der Waals surface area contributed by atoms with Crippen molar-refractivity contribution < 1.29 is 4.79 Å². The van der Waals surface area contributed by atoms with Crippen LogP contribution in [0.2, 0.25) is 5.02 Å². The van der Waals surface area contributed by atoms with Crippen LogP contribution in [-0.4, -0.2) is 35.3 Å². The Morgan fingerprint density at radius 1 is 1.67 bits per heavy atom. The second-order valence-corrected chi connectivity index (χ2v) is 5.12. The van der Waals surface area contributed by atoms with Gasteiger partial charge in [-0.1, -0.05) is 11.6 Å². The van der Waals surface area contributed by atoms with Gasteiger partial charge >= 0.3 is 0 Å². The van der Waals surface area contributed by atoms with Gasteiger partial charge in [0.2, 0.25) is 5.91 Å². The Kier molecular flexibility index (Phi) is 5.01. The SMILES string of the molecule is O=C(C[C@H]1CCNC1)NCCCn1cc(Cl)cn1. The molecule has 1 amide bonds. The first kappa shape index (κ1) is 13.4. The molecule has 0 aliphatic carbocycles. The minimum Gasteiger partial charge on any atom is -0.356 e. The second kappa shape index (κ2) is 6.75. The van der Waals surface area contributed by atoms with Gasteiger partial charge in [-0.2, -0.15) is 5.10 Å². The Morgan fingerprint density at radius 2 is 2.56 bits per heavy atom. The van der Waals surface area contributed by atoms with Crippen LogP contribution in [0.15, 0.2) is 12.4 Å². The smallest absolute Gasteiger partial charge is 0.220 e. The van der Waals surface area contributed by atoms with E-state index in [1.165, 1.54) is 0 Å². The topological polar surface area (TPSA) is 59.0 Å². The highest BCUT2D eigenvalue weighted by molar-refractivity contribution is 6.30. The van der Waals surface area contributed by atoms with Crippen LogP contribution in [0.5, 0.6) is 0 Å². The summed E-state index contributed by atoms with van der Waals surface area (Å²) < 4.78 is 1.79. The number of amides is 1. The molecule has 1 aliphatic heterocycles. The van der Waals surface area contributed by atoms with Crippen LogP contribution in [0, 0.1) is 5.92 Å². The second-order valence-electron chi connectivity index (χ2n) is 4.69. The van der Waals surface area contributed by atoms with Crippen molar-refractivity contribution in [3.63, 3.8) is 0 Å². The van der Waals surface area contributed by atoms with Gasteiger partial charge in [0, 0.05) is 25.7 Å². The molecule has 5 nitrogen and oxygen atoms in total. The molecule has 1 saturated heterocycles. The van der Waals surface area contributed by atoms with Crippen molar-refractivity contribution in [3.05, 3.63) is 17.4 Å². The first-order chi connectivity index (χ1) is 8.74. The lowest BCUT2D eigenvalue weighted by atomic mass is 10.0. The van der Waals surface area contributed by atoms with Crippen molar-refractivity contribution in [2.75, 3.05) is 19.6 Å². The fraction of sp³-hybridized carbons (Fsp3) is 0.667. The molecule has 0 bridgehead atoms. The minimum atomic E-state index is 0.155. The highest BCUT2D eigenvalue weighted by Gasteiger charge is 2.17. The van der Waals surface area contributed by atoms with Crippen LogP contribution in [0.3, 0.4) is 0 Å². The van der Waals surface area contributed by atoms with Crippen molar-refractivity contribution in [1.82, 2.24) is 20.4 Å². The Balaban J connectivity index is 1.56. The molecule has 1 aromatic heterocycles. The summed E-state index contributed by atoms with van der Waals surface area (Å²) in [6.45, 7) is 3.48. The van der Waals surface area contributed by atoms with Gasteiger partial charge in [0.25, 0.3) is 0 Å². The summed E-state index contributed by atoms with van der Waals surface area (Å²) in [6, 6.07) is 0. The number of carbonyl (C=O) groups excluding carboxylic acids is 1. The van der Waals surface area contributed by atoms with E-state index in [1.807, 2.05) is 0 Å². The summed E-state index contributed by atoms with van der Waals surface area (Å²) in [5.41, 5.74) is 0. The number of hydrogen-bond donors (Lipinski definition) is 2. The zero-order valence-corrected chi connectivity index (χ0v) is 11.1.